The molecular weight excluding hydrogens is 544 g/mol. The lowest BCUT2D eigenvalue weighted by Crippen LogP contribution is -2.43. The highest BCUT2D eigenvalue weighted by Crippen LogP contribution is 2.42. The molecule has 8 nitrogen and oxygen atoms in total. The maximum Gasteiger partial charge on any atom is 0.303 e. The van der Waals surface area contributed by atoms with Crippen molar-refractivity contribution in [3.05, 3.63) is 108 Å². The Balaban J connectivity index is 1.51. The summed E-state index contributed by atoms with van der Waals surface area (Å²) in [5.41, 5.74) is 5.79. The molecule has 1 aliphatic rings. The molecule has 0 bridgehead atoms. The number of nitrogens with zero attached hydrogens (tertiary/aromatic N) is 1. The normalized spacial score (nSPS) is 20.1. The second kappa shape index (κ2) is 15.6. The van der Waals surface area contributed by atoms with Crippen molar-refractivity contribution in [2.45, 2.75) is 57.8 Å². The number of aliphatic hydroxyl groups is 1. The SMILES string of the molecule is C=CCN(C)C[C@@H]1O[C@H](c2ccc(-c3ccccc3CNC(=O)CCCC(=O)O)cc2)O[C@H](c2ccc(CO)cc2)[C@@H]1C. The molecule has 1 saturated heterocycles. The van der Waals surface area contributed by atoms with Gasteiger partial charge in [-0.1, -0.05) is 85.8 Å². The number of aliphatic hydroxyl groups excluding tert-OH is 1. The molecule has 4 atom stereocenters. The molecule has 1 aliphatic heterocycles. The van der Waals surface area contributed by atoms with E-state index in [1.165, 1.54) is 0 Å². The Bertz CT molecular complexity index is 1360. The van der Waals surface area contributed by atoms with Crippen LogP contribution in [-0.4, -0.2) is 53.2 Å². The third kappa shape index (κ3) is 8.84. The van der Waals surface area contributed by atoms with E-state index in [0.29, 0.717) is 13.0 Å². The van der Waals surface area contributed by atoms with Crippen molar-refractivity contribution in [1.82, 2.24) is 10.2 Å². The Hall–Kier alpha value is -3.82. The van der Waals surface area contributed by atoms with Crippen molar-refractivity contribution >= 4 is 11.9 Å². The first kappa shape index (κ1) is 32.1. The van der Waals surface area contributed by atoms with Gasteiger partial charge in [0, 0.05) is 44.0 Å². The van der Waals surface area contributed by atoms with Crippen LogP contribution in [0.15, 0.2) is 85.5 Å². The molecule has 0 aromatic heterocycles. The van der Waals surface area contributed by atoms with E-state index < -0.39 is 12.3 Å². The fourth-order valence-corrected chi connectivity index (χ4v) is 5.39. The number of hydrogen-bond acceptors (Lipinski definition) is 6. The van der Waals surface area contributed by atoms with Gasteiger partial charge >= 0.3 is 5.97 Å². The molecule has 3 aromatic carbocycles. The van der Waals surface area contributed by atoms with Gasteiger partial charge in [-0.25, -0.2) is 0 Å². The molecule has 0 unspecified atom stereocenters. The lowest BCUT2D eigenvalue weighted by Gasteiger charge is -2.42. The fourth-order valence-electron chi connectivity index (χ4n) is 5.39. The monoisotopic (exact) mass is 586 g/mol. The first-order valence-electron chi connectivity index (χ1n) is 14.8. The molecule has 1 heterocycles. The van der Waals surface area contributed by atoms with E-state index in [1.807, 2.05) is 78.9 Å². The number of nitrogens with one attached hydrogen (secondary N) is 1. The van der Waals surface area contributed by atoms with Crippen molar-refractivity contribution in [2.24, 2.45) is 5.92 Å². The molecule has 0 spiro atoms. The summed E-state index contributed by atoms with van der Waals surface area (Å²) >= 11 is 0. The van der Waals surface area contributed by atoms with E-state index in [-0.39, 0.29) is 43.5 Å². The highest BCUT2D eigenvalue weighted by Gasteiger charge is 2.38. The molecule has 3 N–H and O–H groups in total. The van der Waals surface area contributed by atoms with Gasteiger partial charge < -0.3 is 29.9 Å². The smallest absolute Gasteiger partial charge is 0.303 e. The van der Waals surface area contributed by atoms with Crippen LogP contribution >= 0.6 is 0 Å². The van der Waals surface area contributed by atoms with Gasteiger partial charge in [-0.3, -0.25) is 9.59 Å². The van der Waals surface area contributed by atoms with Crippen LogP contribution in [0, 0.1) is 5.92 Å². The summed E-state index contributed by atoms with van der Waals surface area (Å²) in [5.74, 6) is -0.974. The van der Waals surface area contributed by atoms with E-state index in [9.17, 15) is 14.7 Å². The number of likely N-dealkylation sites (N-methyl/N-ethyl adjacent to an activating group) is 1. The number of aliphatic carboxylic acids is 1. The minimum absolute atomic E-state index is 0.00327. The van der Waals surface area contributed by atoms with Crippen LogP contribution in [-0.2, 0) is 32.2 Å². The average Bonchev–Trinajstić information content (AvgIpc) is 3.01. The highest BCUT2D eigenvalue weighted by atomic mass is 16.7. The summed E-state index contributed by atoms with van der Waals surface area (Å²) in [5, 5.41) is 21.2. The predicted octanol–water partition coefficient (Wildman–Crippen LogP) is 5.63. The summed E-state index contributed by atoms with van der Waals surface area (Å²) < 4.78 is 13.1. The Morgan fingerprint density at radius 1 is 0.977 bits per heavy atom. The Morgan fingerprint density at radius 3 is 2.35 bits per heavy atom. The number of carbonyl (C=O) groups is 2. The number of benzene rings is 3. The van der Waals surface area contributed by atoms with E-state index in [0.717, 1.165) is 46.5 Å². The van der Waals surface area contributed by atoms with Gasteiger partial charge in [0.1, 0.15) is 0 Å². The largest absolute Gasteiger partial charge is 0.481 e. The van der Waals surface area contributed by atoms with Gasteiger partial charge in [-0.2, -0.15) is 0 Å². The number of hydrogen-bond donors (Lipinski definition) is 3. The van der Waals surface area contributed by atoms with E-state index >= 15 is 0 Å². The van der Waals surface area contributed by atoms with Crippen molar-refractivity contribution < 1.29 is 29.3 Å². The number of carboxylic acid groups (broad SMARTS) is 1. The summed E-state index contributed by atoms with van der Waals surface area (Å²) in [6.07, 6.45) is 1.53. The molecule has 0 aliphatic carbocycles. The van der Waals surface area contributed by atoms with Crippen LogP contribution in [0.25, 0.3) is 11.1 Å². The Morgan fingerprint density at radius 2 is 1.67 bits per heavy atom. The summed E-state index contributed by atoms with van der Waals surface area (Å²) in [4.78, 5) is 25.1. The fraction of sp³-hybridized carbons (Fsp3) is 0.371. The molecule has 1 amide bonds. The number of carboxylic acids is 1. The van der Waals surface area contributed by atoms with Crippen molar-refractivity contribution in [3.8, 4) is 11.1 Å². The zero-order valence-corrected chi connectivity index (χ0v) is 24.9. The van der Waals surface area contributed by atoms with Gasteiger partial charge in [0.2, 0.25) is 5.91 Å². The maximum atomic E-state index is 12.2. The van der Waals surface area contributed by atoms with Crippen LogP contribution < -0.4 is 5.32 Å². The van der Waals surface area contributed by atoms with Crippen LogP contribution in [0.3, 0.4) is 0 Å². The average molecular weight is 587 g/mol. The lowest BCUT2D eigenvalue weighted by molar-refractivity contribution is -0.275. The van der Waals surface area contributed by atoms with E-state index in [4.69, 9.17) is 14.6 Å². The molecule has 3 aromatic rings. The van der Waals surface area contributed by atoms with Crippen molar-refractivity contribution in [3.63, 3.8) is 0 Å². The number of amides is 1. The zero-order chi connectivity index (χ0) is 30.8. The second-order valence-electron chi connectivity index (χ2n) is 11.1. The van der Waals surface area contributed by atoms with Gasteiger partial charge in [0.15, 0.2) is 6.29 Å². The summed E-state index contributed by atoms with van der Waals surface area (Å²) in [6.45, 7) is 7.85. The maximum absolute atomic E-state index is 12.2. The second-order valence-corrected chi connectivity index (χ2v) is 11.1. The van der Waals surface area contributed by atoms with E-state index in [2.05, 4.69) is 30.8 Å². The standard InChI is InChI=1S/C35H42N2O6/c1-4-20-37(3)22-31-24(2)34(27-14-12-25(23-38)13-15-27)43-35(42-31)28-18-16-26(17-19-28)30-9-6-5-8-29(30)21-36-32(39)10-7-11-33(40)41/h4-6,8-9,12-19,24,31,34-35,38H,1,7,10-11,20-23H2,2-3H3,(H,36,39)(H,40,41)/t24-,31+,34+,35+/m1/s1. The minimum Gasteiger partial charge on any atom is -0.481 e. The molecule has 8 heteroatoms. The molecular formula is C35H42N2O6. The van der Waals surface area contributed by atoms with E-state index in [1.54, 1.807) is 0 Å². The van der Waals surface area contributed by atoms with Gasteiger partial charge in [-0.15, -0.1) is 6.58 Å². The first-order valence-corrected chi connectivity index (χ1v) is 14.8. The number of ether oxygens (including phenoxy) is 2. The van der Waals surface area contributed by atoms with Gasteiger partial charge in [-0.05, 0) is 41.3 Å². The van der Waals surface area contributed by atoms with Crippen molar-refractivity contribution in [2.75, 3.05) is 20.1 Å². The molecule has 43 heavy (non-hydrogen) atoms. The lowest BCUT2D eigenvalue weighted by atomic mass is 9.90. The summed E-state index contributed by atoms with van der Waals surface area (Å²) in [6, 6.07) is 23.9. The predicted molar refractivity (Wildman–Crippen MR) is 166 cm³/mol. The third-order valence-corrected chi connectivity index (χ3v) is 7.84. The van der Waals surface area contributed by atoms with Crippen LogP contribution in [0.4, 0.5) is 0 Å². The molecule has 0 radical (unpaired) electrons. The molecule has 1 fully saturated rings. The van der Waals surface area contributed by atoms with Crippen LogP contribution in [0.2, 0.25) is 0 Å². The third-order valence-electron chi connectivity index (χ3n) is 7.84. The van der Waals surface area contributed by atoms with Crippen LogP contribution in [0.5, 0.6) is 0 Å². The first-order chi connectivity index (χ1) is 20.8. The molecule has 0 saturated carbocycles. The molecule has 228 valence electrons. The minimum atomic E-state index is -0.900. The van der Waals surface area contributed by atoms with Gasteiger partial charge in [0.25, 0.3) is 0 Å². The highest BCUT2D eigenvalue weighted by molar-refractivity contribution is 5.77. The topological polar surface area (TPSA) is 108 Å². The molecule has 4 rings (SSSR count). The quantitative estimate of drug-likeness (QED) is 0.210. The Labute approximate surface area is 254 Å². The number of carbonyl (C=O) groups excluding carboxylic acids is 1. The van der Waals surface area contributed by atoms with Crippen LogP contribution in [0.1, 0.15) is 60.8 Å². The van der Waals surface area contributed by atoms with Crippen molar-refractivity contribution in [1.29, 1.82) is 0 Å². The Kier molecular flexibility index (Phi) is 11.6. The number of rotatable bonds is 14. The summed E-state index contributed by atoms with van der Waals surface area (Å²) in [7, 11) is 2.05. The van der Waals surface area contributed by atoms with Gasteiger partial charge in [0.05, 0.1) is 18.8 Å². The zero-order valence-electron chi connectivity index (χ0n) is 24.9.